The van der Waals surface area contributed by atoms with E-state index in [0.29, 0.717) is 11.5 Å². The summed E-state index contributed by atoms with van der Waals surface area (Å²) in [6.07, 6.45) is 1.08. The van der Waals surface area contributed by atoms with Crippen molar-refractivity contribution in [2.24, 2.45) is 5.41 Å². The Kier molecular flexibility index (Phi) is 2.11. The van der Waals surface area contributed by atoms with Gasteiger partial charge in [0.15, 0.2) is 0 Å². The van der Waals surface area contributed by atoms with Crippen LogP contribution in [0.1, 0.15) is 27.2 Å². The minimum atomic E-state index is 0.362. The Morgan fingerprint density at radius 3 is 2.30 bits per heavy atom. The Balaban J connectivity index is 2.53. The lowest BCUT2D eigenvalue weighted by Crippen LogP contribution is -2.34. The van der Waals surface area contributed by atoms with E-state index in [9.17, 15) is 0 Å². The van der Waals surface area contributed by atoms with Crippen LogP contribution < -0.4 is 5.32 Å². The molecule has 0 saturated carbocycles. The van der Waals surface area contributed by atoms with Gasteiger partial charge in [0.2, 0.25) is 0 Å². The monoisotopic (exact) mass is 157 g/mol. The maximum atomic E-state index is 5.10. The van der Waals surface area contributed by atoms with Gasteiger partial charge in [0, 0.05) is 17.5 Å². The highest BCUT2D eigenvalue weighted by Crippen LogP contribution is 2.24. The number of thiocarbonyl (C=S) groups is 1. The first-order valence-electron chi connectivity index (χ1n) is 3.75. The summed E-state index contributed by atoms with van der Waals surface area (Å²) >= 11 is 5.10. The van der Waals surface area contributed by atoms with Crippen molar-refractivity contribution in [1.29, 1.82) is 0 Å². The molecule has 58 valence electrons. The van der Waals surface area contributed by atoms with E-state index in [1.807, 2.05) is 0 Å². The van der Waals surface area contributed by atoms with E-state index in [1.165, 1.54) is 4.86 Å². The molecular weight excluding hydrogens is 142 g/mol. The molecule has 0 amide bonds. The van der Waals surface area contributed by atoms with Gasteiger partial charge < -0.3 is 5.32 Å². The van der Waals surface area contributed by atoms with E-state index in [2.05, 4.69) is 26.1 Å². The van der Waals surface area contributed by atoms with Gasteiger partial charge in [-0.2, -0.15) is 0 Å². The van der Waals surface area contributed by atoms with E-state index in [-0.39, 0.29) is 0 Å². The van der Waals surface area contributed by atoms with Gasteiger partial charge in [-0.3, -0.25) is 0 Å². The van der Waals surface area contributed by atoms with Crippen LogP contribution in [0.25, 0.3) is 0 Å². The second-order valence-corrected chi connectivity index (χ2v) is 4.62. The highest BCUT2D eigenvalue weighted by atomic mass is 32.1. The molecule has 0 aromatic rings. The number of hydrogen-bond donors (Lipinski definition) is 1. The van der Waals surface area contributed by atoms with Gasteiger partial charge in [-0.05, 0) is 11.8 Å². The molecule has 1 rings (SSSR count). The summed E-state index contributed by atoms with van der Waals surface area (Å²) in [6, 6.07) is 0.597. The maximum Gasteiger partial charge on any atom is 0.0272 e. The first-order valence-corrected chi connectivity index (χ1v) is 4.16. The Morgan fingerprint density at radius 1 is 1.50 bits per heavy atom. The Morgan fingerprint density at radius 2 is 2.10 bits per heavy atom. The molecule has 1 fully saturated rings. The summed E-state index contributed by atoms with van der Waals surface area (Å²) in [5.41, 5.74) is 0.362. The van der Waals surface area contributed by atoms with Crippen molar-refractivity contribution >= 4 is 17.1 Å². The second-order valence-electron chi connectivity index (χ2n) is 4.04. The fourth-order valence-corrected chi connectivity index (χ4v) is 1.47. The smallest absolute Gasteiger partial charge is 0.0272 e. The minimum absolute atomic E-state index is 0.362. The van der Waals surface area contributed by atoms with Gasteiger partial charge >= 0.3 is 0 Å². The summed E-state index contributed by atoms with van der Waals surface area (Å²) in [5, 5.41) is 3.41. The third-order valence-corrected chi connectivity index (χ3v) is 2.33. The largest absolute Gasteiger partial charge is 0.309 e. The van der Waals surface area contributed by atoms with Crippen molar-refractivity contribution in [3.63, 3.8) is 0 Å². The Labute approximate surface area is 68.2 Å². The average molecular weight is 157 g/mol. The summed E-state index contributed by atoms with van der Waals surface area (Å²) in [7, 11) is 0. The van der Waals surface area contributed by atoms with Crippen LogP contribution in [0, 0.1) is 5.41 Å². The van der Waals surface area contributed by atoms with Crippen LogP contribution in [-0.4, -0.2) is 17.5 Å². The van der Waals surface area contributed by atoms with Crippen LogP contribution >= 0.6 is 12.2 Å². The number of nitrogens with one attached hydrogen (secondary N) is 1. The Hall–Kier alpha value is 0.0500. The third-order valence-electron chi connectivity index (χ3n) is 2.02. The zero-order valence-electron chi connectivity index (χ0n) is 6.90. The lowest BCUT2D eigenvalue weighted by Gasteiger charge is -2.26. The van der Waals surface area contributed by atoms with E-state index in [4.69, 9.17) is 12.2 Å². The highest BCUT2D eigenvalue weighted by molar-refractivity contribution is 7.80. The van der Waals surface area contributed by atoms with Crippen LogP contribution in [0.3, 0.4) is 0 Å². The number of hydrogen-bond acceptors (Lipinski definition) is 2. The lowest BCUT2D eigenvalue weighted by molar-refractivity contribution is 0.299. The highest BCUT2D eigenvalue weighted by Gasteiger charge is 2.29. The predicted octanol–water partition coefficient (Wildman–Crippen LogP) is 1.76. The quantitative estimate of drug-likeness (QED) is 0.538. The zero-order chi connectivity index (χ0) is 7.78. The fourth-order valence-electron chi connectivity index (χ4n) is 1.22. The molecule has 1 atom stereocenters. The second kappa shape index (κ2) is 2.59. The molecule has 0 aromatic carbocycles. The predicted molar refractivity (Wildman–Crippen MR) is 48.5 cm³/mol. The van der Waals surface area contributed by atoms with Gasteiger partial charge in [0.1, 0.15) is 0 Å². The molecule has 1 aliphatic rings. The summed E-state index contributed by atoms with van der Waals surface area (Å²) in [6.45, 7) is 7.69. The molecule has 2 heteroatoms. The maximum absolute atomic E-state index is 5.10. The first-order chi connectivity index (χ1) is 4.50. The van der Waals surface area contributed by atoms with Gasteiger partial charge in [-0.25, -0.2) is 0 Å². The molecule has 1 heterocycles. The molecule has 0 bridgehead atoms. The van der Waals surface area contributed by atoms with Crippen molar-refractivity contribution in [1.82, 2.24) is 5.32 Å². The van der Waals surface area contributed by atoms with Crippen molar-refractivity contribution in [2.45, 2.75) is 33.2 Å². The topological polar surface area (TPSA) is 12.0 Å². The van der Waals surface area contributed by atoms with Crippen molar-refractivity contribution in [3.8, 4) is 0 Å². The minimum Gasteiger partial charge on any atom is -0.309 e. The zero-order valence-corrected chi connectivity index (χ0v) is 7.72. The van der Waals surface area contributed by atoms with Crippen LogP contribution in [-0.2, 0) is 0 Å². The SMILES string of the molecule is CC(C)(C)C1CC(=S)CN1. The van der Waals surface area contributed by atoms with Gasteiger partial charge in [-0.15, -0.1) is 0 Å². The van der Waals surface area contributed by atoms with Crippen molar-refractivity contribution in [3.05, 3.63) is 0 Å². The average Bonchev–Trinajstić information content (AvgIpc) is 2.11. The van der Waals surface area contributed by atoms with Crippen LogP contribution in [0.4, 0.5) is 0 Å². The molecule has 1 nitrogen and oxygen atoms in total. The molecule has 1 N–H and O–H groups in total. The molecule has 0 radical (unpaired) electrons. The van der Waals surface area contributed by atoms with Crippen LogP contribution in [0.2, 0.25) is 0 Å². The third kappa shape index (κ3) is 1.77. The lowest BCUT2D eigenvalue weighted by atomic mass is 9.86. The van der Waals surface area contributed by atoms with Crippen molar-refractivity contribution < 1.29 is 0 Å². The standard InChI is InChI=1S/C8H15NS/c1-8(2,3)7-4-6(10)5-9-7/h7,9H,4-5H2,1-3H3. The van der Waals surface area contributed by atoms with Gasteiger partial charge in [0.05, 0.1) is 0 Å². The molecule has 0 aromatic heterocycles. The molecule has 10 heavy (non-hydrogen) atoms. The molecule has 0 aliphatic carbocycles. The first kappa shape index (κ1) is 8.15. The van der Waals surface area contributed by atoms with E-state index < -0.39 is 0 Å². The summed E-state index contributed by atoms with van der Waals surface area (Å²) in [5.74, 6) is 0. The van der Waals surface area contributed by atoms with E-state index >= 15 is 0 Å². The molecule has 1 aliphatic heterocycles. The Bertz CT molecular complexity index is 146. The molecule has 1 unspecified atom stereocenters. The number of rotatable bonds is 0. The summed E-state index contributed by atoms with van der Waals surface area (Å²) in [4.78, 5) is 1.18. The molecular formula is C8H15NS. The van der Waals surface area contributed by atoms with Crippen LogP contribution in [0.15, 0.2) is 0 Å². The summed E-state index contributed by atoms with van der Waals surface area (Å²) < 4.78 is 0. The van der Waals surface area contributed by atoms with Crippen molar-refractivity contribution in [2.75, 3.05) is 6.54 Å². The normalized spacial score (nSPS) is 27.5. The van der Waals surface area contributed by atoms with E-state index in [0.717, 1.165) is 13.0 Å². The van der Waals surface area contributed by atoms with E-state index in [1.54, 1.807) is 0 Å². The van der Waals surface area contributed by atoms with Gasteiger partial charge in [-0.1, -0.05) is 33.0 Å². The fraction of sp³-hybridized carbons (Fsp3) is 0.875. The molecule has 1 saturated heterocycles. The van der Waals surface area contributed by atoms with Crippen LogP contribution in [0.5, 0.6) is 0 Å². The molecule has 0 spiro atoms. The van der Waals surface area contributed by atoms with Gasteiger partial charge in [0.25, 0.3) is 0 Å².